The van der Waals surface area contributed by atoms with E-state index in [-0.39, 0.29) is 5.43 Å². The van der Waals surface area contributed by atoms with E-state index in [2.05, 4.69) is 18.8 Å². The van der Waals surface area contributed by atoms with Gasteiger partial charge < -0.3 is 0 Å². The van der Waals surface area contributed by atoms with E-state index in [4.69, 9.17) is 0 Å². The van der Waals surface area contributed by atoms with Crippen LogP contribution in [0.4, 0.5) is 4.39 Å². The lowest BCUT2D eigenvalue weighted by atomic mass is 10.0. The molecule has 0 amide bonds. The molecule has 0 saturated heterocycles. The quantitative estimate of drug-likeness (QED) is 0.821. The topological polar surface area (TPSA) is 30.0 Å². The lowest BCUT2D eigenvalue weighted by Crippen LogP contribution is -2.05. The van der Waals surface area contributed by atoms with Crippen LogP contribution in [0.5, 0.6) is 0 Å². The van der Waals surface area contributed by atoms with Gasteiger partial charge in [-0.25, -0.2) is 4.39 Å². The van der Waals surface area contributed by atoms with Crippen molar-refractivity contribution < 1.29 is 4.39 Å². The molecule has 0 aliphatic heterocycles. The maximum absolute atomic E-state index is 13.3. The Balaban J connectivity index is 2.75. The van der Waals surface area contributed by atoms with E-state index >= 15 is 0 Å². The Kier molecular flexibility index (Phi) is 3.74. The van der Waals surface area contributed by atoms with E-state index in [1.54, 1.807) is 6.92 Å². The molecule has 1 aromatic carbocycles. The molecular weight excluding hydrogens is 241 g/mol. The first-order valence-corrected chi connectivity index (χ1v) is 6.25. The van der Waals surface area contributed by atoms with Gasteiger partial charge in [0, 0.05) is 17.3 Å². The SMILES string of the molecule is Cc1ccc(C(C)C)cc(-c2cncc(F)c2)c1=O. The van der Waals surface area contributed by atoms with Crippen molar-refractivity contribution >= 4 is 0 Å². The van der Waals surface area contributed by atoms with Gasteiger partial charge in [0.05, 0.1) is 6.20 Å². The molecule has 0 fully saturated rings. The summed E-state index contributed by atoms with van der Waals surface area (Å²) < 4.78 is 13.3. The lowest BCUT2D eigenvalue weighted by molar-refractivity contribution is 0.622. The van der Waals surface area contributed by atoms with E-state index in [9.17, 15) is 9.18 Å². The highest BCUT2D eigenvalue weighted by Gasteiger charge is 2.08. The first kappa shape index (κ1) is 13.4. The Labute approximate surface area is 112 Å². The number of hydrogen-bond acceptors (Lipinski definition) is 2. The van der Waals surface area contributed by atoms with Crippen molar-refractivity contribution in [2.24, 2.45) is 0 Å². The number of aromatic nitrogens is 1. The maximum Gasteiger partial charge on any atom is 0.189 e. The Bertz CT molecular complexity index is 665. The average Bonchev–Trinajstić information content (AvgIpc) is 2.51. The minimum absolute atomic E-state index is 0.0840. The van der Waals surface area contributed by atoms with Gasteiger partial charge in [0.1, 0.15) is 5.82 Å². The van der Waals surface area contributed by atoms with Crippen molar-refractivity contribution in [3.8, 4) is 11.1 Å². The summed E-state index contributed by atoms with van der Waals surface area (Å²) in [5.74, 6) is -0.140. The number of pyridine rings is 1. The van der Waals surface area contributed by atoms with Crippen LogP contribution in [-0.4, -0.2) is 4.98 Å². The largest absolute Gasteiger partial charge is 0.289 e. The number of hydrogen-bond donors (Lipinski definition) is 0. The van der Waals surface area contributed by atoms with Crippen LogP contribution in [-0.2, 0) is 0 Å². The summed E-state index contributed by atoms with van der Waals surface area (Å²) in [5.41, 5.74) is 2.62. The minimum atomic E-state index is -0.438. The summed E-state index contributed by atoms with van der Waals surface area (Å²) >= 11 is 0. The molecule has 0 radical (unpaired) electrons. The van der Waals surface area contributed by atoms with E-state index in [1.165, 1.54) is 12.3 Å². The third kappa shape index (κ3) is 2.87. The van der Waals surface area contributed by atoms with Gasteiger partial charge in [0.15, 0.2) is 5.43 Å². The predicted octanol–water partition coefficient (Wildman–Crippen LogP) is 3.68. The van der Waals surface area contributed by atoms with Crippen molar-refractivity contribution in [1.82, 2.24) is 4.98 Å². The molecule has 0 atom stereocenters. The molecule has 1 heterocycles. The van der Waals surface area contributed by atoms with Gasteiger partial charge in [0.2, 0.25) is 0 Å². The minimum Gasteiger partial charge on any atom is -0.289 e. The Morgan fingerprint density at radius 2 is 1.89 bits per heavy atom. The van der Waals surface area contributed by atoms with Gasteiger partial charge in [-0.15, -0.1) is 0 Å². The maximum atomic E-state index is 13.3. The molecule has 2 nitrogen and oxygen atoms in total. The van der Waals surface area contributed by atoms with Crippen LogP contribution >= 0.6 is 0 Å². The van der Waals surface area contributed by atoms with Crippen LogP contribution in [0.3, 0.4) is 0 Å². The predicted molar refractivity (Wildman–Crippen MR) is 74.7 cm³/mol. The van der Waals surface area contributed by atoms with Crippen LogP contribution in [0.2, 0.25) is 0 Å². The number of nitrogens with zero attached hydrogens (tertiary/aromatic N) is 1. The second-order valence-corrected chi connectivity index (χ2v) is 4.95. The van der Waals surface area contributed by atoms with Gasteiger partial charge >= 0.3 is 0 Å². The third-order valence-electron chi connectivity index (χ3n) is 3.12. The van der Waals surface area contributed by atoms with Crippen molar-refractivity contribution in [1.29, 1.82) is 0 Å². The monoisotopic (exact) mass is 257 g/mol. The van der Waals surface area contributed by atoms with Crippen LogP contribution < -0.4 is 5.43 Å². The van der Waals surface area contributed by atoms with E-state index in [1.807, 2.05) is 18.2 Å². The summed E-state index contributed by atoms with van der Waals surface area (Å²) in [6.07, 6.45) is 2.65. The third-order valence-corrected chi connectivity index (χ3v) is 3.12. The molecule has 0 aliphatic rings. The standard InChI is InChI=1S/C16H16FNO/c1-10(2)12-5-4-11(3)16(19)15(7-12)13-6-14(17)9-18-8-13/h4-10H,1-3H3. The van der Waals surface area contributed by atoms with Gasteiger partial charge in [-0.1, -0.05) is 26.0 Å². The molecular formula is C16H16FNO. The first-order valence-electron chi connectivity index (χ1n) is 6.25. The summed E-state index contributed by atoms with van der Waals surface area (Å²) in [7, 11) is 0. The molecule has 0 bridgehead atoms. The van der Waals surface area contributed by atoms with Gasteiger partial charge in [-0.05, 0) is 36.1 Å². The molecule has 98 valence electrons. The molecule has 2 aromatic rings. The fraction of sp³-hybridized carbons (Fsp3) is 0.250. The molecule has 0 N–H and O–H groups in total. The molecule has 0 spiro atoms. The second-order valence-electron chi connectivity index (χ2n) is 4.95. The van der Waals surface area contributed by atoms with Crippen LogP contribution in [0.1, 0.15) is 30.9 Å². The first-order chi connectivity index (χ1) is 8.99. The van der Waals surface area contributed by atoms with E-state index < -0.39 is 5.82 Å². The summed E-state index contributed by atoms with van der Waals surface area (Å²) in [6.45, 7) is 5.88. The van der Waals surface area contributed by atoms with Crippen molar-refractivity contribution in [3.63, 3.8) is 0 Å². The highest BCUT2D eigenvalue weighted by molar-refractivity contribution is 5.63. The Morgan fingerprint density at radius 1 is 1.16 bits per heavy atom. The zero-order valence-electron chi connectivity index (χ0n) is 11.3. The zero-order chi connectivity index (χ0) is 14.0. The number of halogens is 1. The van der Waals surface area contributed by atoms with Crippen molar-refractivity contribution in [2.75, 3.05) is 0 Å². The molecule has 0 unspecified atom stereocenters. The second kappa shape index (κ2) is 5.31. The average molecular weight is 257 g/mol. The Hall–Kier alpha value is -2.03. The van der Waals surface area contributed by atoms with Crippen molar-refractivity contribution in [2.45, 2.75) is 26.7 Å². The summed E-state index contributed by atoms with van der Waals surface area (Å²) in [6, 6.07) is 6.93. The molecule has 19 heavy (non-hydrogen) atoms. The highest BCUT2D eigenvalue weighted by Crippen LogP contribution is 2.20. The van der Waals surface area contributed by atoms with Crippen molar-refractivity contribution in [3.05, 3.63) is 63.8 Å². The molecule has 0 saturated carbocycles. The van der Waals surface area contributed by atoms with E-state index in [0.717, 1.165) is 11.8 Å². The molecule has 3 heteroatoms. The van der Waals surface area contributed by atoms with Crippen LogP contribution in [0.25, 0.3) is 11.1 Å². The van der Waals surface area contributed by atoms with Gasteiger partial charge in [-0.3, -0.25) is 9.78 Å². The summed E-state index contributed by atoms with van der Waals surface area (Å²) in [4.78, 5) is 16.1. The van der Waals surface area contributed by atoms with Gasteiger partial charge in [0.25, 0.3) is 0 Å². The zero-order valence-corrected chi connectivity index (χ0v) is 11.3. The fourth-order valence-corrected chi connectivity index (χ4v) is 1.92. The number of rotatable bonds is 2. The van der Waals surface area contributed by atoms with E-state index in [0.29, 0.717) is 22.6 Å². The smallest absolute Gasteiger partial charge is 0.189 e. The summed E-state index contributed by atoms with van der Waals surface area (Å²) in [5, 5.41) is 0. The van der Waals surface area contributed by atoms with Gasteiger partial charge in [-0.2, -0.15) is 0 Å². The normalized spacial score (nSPS) is 10.8. The fourth-order valence-electron chi connectivity index (χ4n) is 1.92. The van der Waals surface area contributed by atoms with Crippen LogP contribution in [0, 0.1) is 12.7 Å². The Morgan fingerprint density at radius 3 is 2.53 bits per heavy atom. The van der Waals surface area contributed by atoms with Crippen LogP contribution in [0.15, 0.2) is 41.5 Å². The molecule has 1 aromatic heterocycles. The molecule has 0 aliphatic carbocycles. The molecule has 2 rings (SSSR count). The highest BCUT2D eigenvalue weighted by atomic mass is 19.1. The number of aryl methyl sites for hydroxylation is 1. The lowest BCUT2D eigenvalue weighted by Gasteiger charge is -2.03.